The standard InChI is InChI=1S/C19H23N3O/c1-12-10-15(8-9-16(12)23-4)18-19(13(2)11-20)22-14(3)6-5-7-17(22)21-18/h5-10,13H,11,20H2,1-4H3. The lowest BCUT2D eigenvalue weighted by Gasteiger charge is -2.14. The molecule has 1 unspecified atom stereocenters. The van der Waals surface area contributed by atoms with Gasteiger partial charge >= 0.3 is 0 Å². The van der Waals surface area contributed by atoms with Crippen LogP contribution in [0.3, 0.4) is 0 Å². The second-order valence-electron chi connectivity index (χ2n) is 6.03. The molecule has 120 valence electrons. The first-order chi connectivity index (χ1) is 11.1. The lowest BCUT2D eigenvalue weighted by atomic mass is 10.00. The van der Waals surface area contributed by atoms with Crippen molar-refractivity contribution >= 4 is 5.65 Å². The van der Waals surface area contributed by atoms with Gasteiger partial charge in [0.1, 0.15) is 11.4 Å². The molecule has 0 fully saturated rings. The number of hydrogen-bond acceptors (Lipinski definition) is 3. The number of fused-ring (bicyclic) bond motifs is 1. The summed E-state index contributed by atoms with van der Waals surface area (Å²) in [4.78, 5) is 4.88. The Kier molecular flexibility index (Phi) is 4.09. The first-order valence-corrected chi connectivity index (χ1v) is 7.89. The number of aromatic nitrogens is 2. The molecule has 0 aliphatic carbocycles. The van der Waals surface area contributed by atoms with Gasteiger partial charge < -0.3 is 14.9 Å². The monoisotopic (exact) mass is 309 g/mol. The molecule has 1 aromatic carbocycles. The zero-order chi connectivity index (χ0) is 16.6. The first kappa shape index (κ1) is 15.6. The first-order valence-electron chi connectivity index (χ1n) is 7.89. The van der Waals surface area contributed by atoms with Gasteiger partial charge in [-0.05, 0) is 49.7 Å². The van der Waals surface area contributed by atoms with Crippen LogP contribution in [0.1, 0.15) is 29.8 Å². The van der Waals surface area contributed by atoms with Gasteiger partial charge in [0, 0.05) is 23.7 Å². The fourth-order valence-corrected chi connectivity index (χ4v) is 3.09. The lowest BCUT2D eigenvalue weighted by molar-refractivity contribution is 0.412. The summed E-state index contributed by atoms with van der Waals surface area (Å²) in [5, 5.41) is 0. The van der Waals surface area contributed by atoms with E-state index in [4.69, 9.17) is 15.5 Å². The molecule has 0 amide bonds. The molecule has 0 bridgehead atoms. The third-order valence-electron chi connectivity index (χ3n) is 4.36. The summed E-state index contributed by atoms with van der Waals surface area (Å²) < 4.78 is 7.58. The highest BCUT2D eigenvalue weighted by molar-refractivity contribution is 5.69. The van der Waals surface area contributed by atoms with E-state index < -0.39 is 0 Å². The van der Waals surface area contributed by atoms with E-state index in [0.29, 0.717) is 6.54 Å². The van der Waals surface area contributed by atoms with E-state index >= 15 is 0 Å². The fraction of sp³-hybridized carbons (Fsp3) is 0.316. The summed E-state index contributed by atoms with van der Waals surface area (Å²) in [6, 6.07) is 12.4. The zero-order valence-electron chi connectivity index (χ0n) is 14.1. The highest BCUT2D eigenvalue weighted by atomic mass is 16.5. The minimum Gasteiger partial charge on any atom is -0.496 e. The lowest BCUT2D eigenvalue weighted by Crippen LogP contribution is -2.12. The maximum absolute atomic E-state index is 5.97. The highest BCUT2D eigenvalue weighted by Crippen LogP contribution is 2.32. The van der Waals surface area contributed by atoms with E-state index in [2.05, 4.69) is 43.4 Å². The van der Waals surface area contributed by atoms with E-state index in [1.807, 2.05) is 18.2 Å². The summed E-state index contributed by atoms with van der Waals surface area (Å²) in [5.41, 5.74) is 12.5. The second-order valence-corrected chi connectivity index (χ2v) is 6.03. The number of hydrogen-bond donors (Lipinski definition) is 1. The van der Waals surface area contributed by atoms with Crippen molar-refractivity contribution in [2.45, 2.75) is 26.7 Å². The van der Waals surface area contributed by atoms with Gasteiger partial charge in [0.15, 0.2) is 0 Å². The molecule has 0 aliphatic rings. The molecule has 1 atom stereocenters. The Hall–Kier alpha value is -2.33. The maximum Gasteiger partial charge on any atom is 0.137 e. The molecule has 0 saturated carbocycles. The molecule has 4 nitrogen and oxygen atoms in total. The van der Waals surface area contributed by atoms with Gasteiger partial charge in [-0.2, -0.15) is 0 Å². The Bertz CT molecular complexity index is 851. The van der Waals surface area contributed by atoms with Gasteiger partial charge in [-0.3, -0.25) is 0 Å². The molecule has 4 heteroatoms. The van der Waals surface area contributed by atoms with Crippen molar-refractivity contribution in [1.82, 2.24) is 9.38 Å². The number of rotatable bonds is 4. The van der Waals surface area contributed by atoms with Gasteiger partial charge in [-0.15, -0.1) is 0 Å². The molecule has 2 N–H and O–H groups in total. The molecule has 0 spiro atoms. The van der Waals surface area contributed by atoms with Crippen molar-refractivity contribution in [1.29, 1.82) is 0 Å². The van der Waals surface area contributed by atoms with Crippen molar-refractivity contribution in [3.05, 3.63) is 53.3 Å². The third kappa shape index (κ3) is 2.59. The fourth-order valence-electron chi connectivity index (χ4n) is 3.09. The van der Waals surface area contributed by atoms with Crippen LogP contribution in [0.4, 0.5) is 0 Å². The number of benzene rings is 1. The maximum atomic E-state index is 5.97. The number of aryl methyl sites for hydroxylation is 2. The summed E-state index contributed by atoms with van der Waals surface area (Å²) >= 11 is 0. The topological polar surface area (TPSA) is 52.5 Å². The van der Waals surface area contributed by atoms with Gasteiger partial charge in [0.25, 0.3) is 0 Å². The van der Waals surface area contributed by atoms with Gasteiger partial charge in [0.05, 0.1) is 18.5 Å². The van der Waals surface area contributed by atoms with Gasteiger partial charge in [-0.1, -0.05) is 13.0 Å². The minimum atomic E-state index is 0.225. The number of methoxy groups -OCH3 is 1. The zero-order valence-corrected chi connectivity index (χ0v) is 14.1. The van der Waals surface area contributed by atoms with E-state index in [-0.39, 0.29) is 5.92 Å². The van der Waals surface area contributed by atoms with Crippen LogP contribution in [-0.4, -0.2) is 23.0 Å². The molecule has 3 aromatic rings. The SMILES string of the molecule is COc1ccc(-c2nc3cccc(C)n3c2C(C)CN)cc1C. The molecule has 2 aromatic heterocycles. The number of nitrogens with zero attached hydrogens (tertiary/aromatic N) is 2. The number of ether oxygens (including phenoxy) is 1. The predicted molar refractivity (Wildman–Crippen MR) is 94.1 cm³/mol. The van der Waals surface area contributed by atoms with E-state index in [0.717, 1.165) is 28.2 Å². The predicted octanol–water partition coefficient (Wildman–Crippen LogP) is 3.69. The van der Waals surface area contributed by atoms with Crippen molar-refractivity contribution in [3.8, 4) is 17.0 Å². The third-order valence-corrected chi connectivity index (χ3v) is 4.36. The van der Waals surface area contributed by atoms with Crippen molar-refractivity contribution in [2.75, 3.05) is 13.7 Å². The van der Waals surface area contributed by atoms with Crippen LogP contribution >= 0.6 is 0 Å². The summed E-state index contributed by atoms with van der Waals surface area (Å²) in [5.74, 6) is 1.12. The van der Waals surface area contributed by atoms with Crippen LogP contribution < -0.4 is 10.5 Å². The Balaban J connectivity index is 2.28. The normalized spacial score (nSPS) is 12.6. The van der Waals surface area contributed by atoms with E-state index in [9.17, 15) is 0 Å². The molecule has 3 rings (SSSR count). The molecule has 0 radical (unpaired) electrons. The van der Waals surface area contributed by atoms with Gasteiger partial charge in [-0.25, -0.2) is 4.98 Å². The Morgan fingerprint density at radius 1 is 1.22 bits per heavy atom. The van der Waals surface area contributed by atoms with Crippen LogP contribution in [0.5, 0.6) is 5.75 Å². The minimum absolute atomic E-state index is 0.225. The number of imidazole rings is 1. The molecular formula is C19H23N3O. The van der Waals surface area contributed by atoms with Crippen molar-refractivity contribution < 1.29 is 4.74 Å². The smallest absolute Gasteiger partial charge is 0.137 e. The number of nitrogens with two attached hydrogens (primary N) is 1. The molecule has 0 aliphatic heterocycles. The Morgan fingerprint density at radius 3 is 2.65 bits per heavy atom. The Morgan fingerprint density at radius 2 is 2.00 bits per heavy atom. The van der Waals surface area contributed by atoms with Crippen molar-refractivity contribution in [2.24, 2.45) is 5.73 Å². The van der Waals surface area contributed by atoms with Crippen LogP contribution in [0.2, 0.25) is 0 Å². The van der Waals surface area contributed by atoms with Crippen molar-refractivity contribution in [3.63, 3.8) is 0 Å². The number of pyridine rings is 1. The largest absolute Gasteiger partial charge is 0.496 e. The molecule has 0 saturated heterocycles. The van der Waals surface area contributed by atoms with Crippen LogP contribution in [0.15, 0.2) is 36.4 Å². The summed E-state index contributed by atoms with van der Waals surface area (Å²) in [6.07, 6.45) is 0. The van der Waals surface area contributed by atoms with Crippen LogP contribution in [-0.2, 0) is 0 Å². The summed E-state index contributed by atoms with van der Waals surface area (Å²) in [7, 11) is 1.69. The van der Waals surface area contributed by atoms with Crippen LogP contribution in [0, 0.1) is 13.8 Å². The summed E-state index contributed by atoms with van der Waals surface area (Å²) in [6.45, 7) is 6.89. The quantitative estimate of drug-likeness (QED) is 0.799. The molecule has 23 heavy (non-hydrogen) atoms. The van der Waals surface area contributed by atoms with Crippen LogP contribution in [0.25, 0.3) is 16.9 Å². The van der Waals surface area contributed by atoms with Gasteiger partial charge in [0.2, 0.25) is 0 Å². The average molecular weight is 309 g/mol. The molecule has 2 heterocycles. The molecular weight excluding hydrogens is 286 g/mol. The van der Waals surface area contributed by atoms with E-state index in [1.165, 1.54) is 11.4 Å². The highest BCUT2D eigenvalue weighted by Gasteiger charge is 2.20. The second kappa shape index (κ2) is 6.05. The average Bonchev–Trinajstić information content (AvgIpc) is 2.95. The van der Waals surface area contributed by atoms with E-state index in [1.54, 1.807) is 7.11 Å². The Labute approximate surface area is 136 Å².